The highest BCUT2D eigenvalue weighted by atomic mass is 79.9. The SMILES string of the molecule is CN(F)CCCCC(=O)Nc1ccc(Br)cc1N. The molecule has 18 heavy (non-hydrogen) atoms. The summed E-state index contributed by atoms with van der Waals surface area (Å²) in [6.45, 7) is 0.341. The molecule has 0 fully saturated rings. The lowest BCUT2D eigenvalue weighted by Gasteiger charge is -2.09. The molecule has 0 heterocycles. The van der Waals surface area contributed by atoms with Gasteiger partial charge in [0.25, 0.3) is 0 Å². The van der Waals surface area contributed by atoms with Crippen molar-refractivity contribution in [2.75, 3.05) is 24.6 Å². The van der Waals surface area contributed by atoms with Crippen molar-refractivity contribution in [1.82, 2.24) is 5.12 Å². The Balaban J connectivity index is 2.35. The number of nitrogens with zero attached hydrogens (tertiary/aromatic N) is 1. The van der Waals surface area contributed by atoms with Crippen LogP contribution in [0.15, 0.2) is 22.7 Å². The molecule has 3 N–H and O–H groups in total. The zero-order valence-corrected chi connectivity index (χ0v) is 11.8. The van der Waals surface area contributed by atoms with Crippen LogP contribution in [0.25, 0.3) is 0 Å². The smallest absolute Gasteiger partial charge is 0.224 e. The molecule has 0 aliphatic carbocycles. The number of nitrogen functional groups attached to an aromatic ring is 1. The molecule has 6 heteroatoms. The van der Waals surface area contributed by atoms with Crippen LogP contribution in [0.4, 0.5) is 15.9 Å². The summed E-state index contributed by atoms with van der Waals surface area (Å²) in [5.41, 5.74) is 6.88. The molecule has 1 aromatic carbocycles. The highest BCUT2D eigenvalue weighted by Crippen LogP contribution is 2.23. The monoisotopic (exact) mass is 317 g/mol. The Morgan fingerprint density at radius 3 is 2.83 bits per heavy atom. The number of amides is 1. The van der Waals surface area contributed by atoms with Crippen molar-refractivity contribution in [3.63, 3.8) is 0 Å². The minimum absolute atomic E-state index is 0.106. The number of hydrogen-bond acceptors (Lipinski definition) is 3. The summed E-state index contributed by atoms with van der Waals surface area (Å²) < 4.78 is 13.2. The summed E-state index contributed by atoms with van der Waals surface area (Å²) >= 11 is 3.29. The van der Waals surface area contributed by atoms with Crippen molar-refractivity contribution in [3.8, 4) is 0 Å². The maximum absolute atomic E-state index is 12.4. The van der Waals surface area contributed by atoms with Crippen LogP contribution in [-0.2, 0) is 4.79 Å². The molecule has 0 bridgehead atoms. The minimum atomic E-state index is -0.106. The van der Waals surface area contributed by atoms with Gasteiger partial charge < -0.3 is 11.1 Å². The first-order valence-corrected chi connectivity index (χ1v) is 6.50. The molecule has 0 atom stereocenters. The Hall–Kier alpha value is -1.14. The summed E-state index contributed by atoms with van der Waals surface area (Å²) in [5.74, 6) is -0.106. The number of nitrogens with two attached hydrogens (primary N) is 1. The number of anilines is 2. The first-order chi connectivity index (χ1) is 8.49. The molecular weight excluding hydrogens is 301 g/mol. The van der Waals surface area contributed by atoms with E-state index in [0.29, 0.717) is 42.3 Å². The van der Waals surface area contributed by atoms with E-state index in [4.69, 9.17) is 5.73 Å². The molecular formula is C12H17BrFN3O. The molecule has 0 radical (unpaired) electrons. The molecule has 0 spiro atoms. The fourth-order valence-electron chi connectivity index (χ4n) is 1.48. The van der Waals surface area contributed by atoms with E-state index < -0.39 is 0 Å². The molecule has 100 valence electrons. The first kappa shape index (κ1) is 14.9. The summed E-state index contributed by atoms with van der Waals surface area (Å²) in [5, 5.41) is 3.35. The van der Waals surface area contributed by atoms with Crippen LogP contribution in [0.2, 0.25) is 0 Å². The van der Waals surface area contributed by atoms with Crippen LogP contribution in [0.1, 0.15) is 19.3 Å². The Morgan fingerprint density at radius 2 is 2.22 bits per heavy atom. The van der Waals surface area contributed by atoms with Gasteiger partial charge in [0.2, 0.25) is 5.91 Å². The van der Waals surface area contributed by atoms with Crippen LogP contribution in [0.5, 0.6) is 0 Å². The Labute approximate surface area is 114 Å². The lowest BCUT2D eigenvalue weighted by molar-refractivity contribution is -0.116. The summed E-state index contributed by atoms with van der Waals surface area (Å²) in [6, 6.07) is 5.28. The predicted octanol–water partition coefficient (Wildman–Crippen LogP) is 2.96. The largest absolute Gasteiger partial charge is 0.397 e. The van der Waals surface area contributed by atoms with Crippen molar-refractivity contribution < 1.29 is 9.28 Å². The van der Waals surface area contributed by atoms with Crippen molar-refractivity contribution in [2.24, 2.45) is 0 Å². The van der Waals surface area contributed by atoms with E-state index in [1.807, 2.05) is 6.07 Å². The van der Waals surface area contributed by atoms with Gasteiger partial charge in [0.05, 0.1) is 11.4 Å². The van der Waals surface area contributed by atoms with E-state index in [2.05, 4.69) is 21.2 Å². The number of hydrogen-bond donors (Lipinski definition) is 2. The third-order valence-electron chi connectivity index (χ3n) is 2.41. The fourth-order valence-corrected chi connectivity index (χ4v) is 1.85. The average molecular weight is 318 g/mol. The van der Waals surface area contributed by atoms with E-state index >= 15 is 0 Å². The molecule has 0 saturated carbocycles. The van der Waals surface area contributed by atoms with Gasteiger partial charge in [-0.2, -0.15) is 0 Å². The van der Waals surface area contributed by atoms with Crippen molar-refractivity contribution in [2.45, 2.75) is 19.3 Å². The van der Waals surface area contributed by atoms with Crippen LogP contribution < -0.4 is 11.1 Å². The van der Waals surface area contributed by atoms with E-state index in [1.165, 1.54) is 7.05 Å². The van der Waals surface area contributed by atoms with Crippen LogP contribution in [0.3, 0.4) is 0 Å². The Morgan fingerprint density at radius 1 is 1.50 bits per heavy atom. The van der Waals surface area contributed by atoms with E-state index in [-0.39, 0.29) is 5.91 Å². The number of benzene rings is 1. The third-order valence-corrected chi connectivity index (χ3v) is 2.90. The number of rotatable bonds is 6. The Bertz CT molecular complexity index is 412. The van der Waals surface area contributed by atoms with E-state index in [0.717, 1.165) is 4.47 Å². The predicted molar refractivity (Wildman–Crippen MR) is 74.8 cm³/mol. The molecule has 1 aromatic rings. The van der Waals surface area contributed by atoms with Crippen molar-refractivity contribution in [3.05, 3.63) is 22.7 Å². The van der Waals surface area contributed by atoms with Gasteiger partial charge >= 0.3 is 0 Å². The standard InChI is InChI=1S/C12H17BrFN3O/c1-17(14)7-3-2-4-12(18)16-11-6-5-9(13)8-10(11)15/h5-6,8H,2-4,7,15H2,1H3,(H,16,18). The molecule has 1 rings (SSSR count). The van der Waals surface area contributed by atoms with Gasteiger partial charge in [-0.3, -0.25) is 4.79 Å². The van der Waals surface area contributed by atoms with Gasteiger partial charge in [-0.05, 0) is 31.0 Å². The molecule has 0 aliphatic heterocycles. The maximum Gasteiger partial charge on any atom is 0.224 e. The van der Waals surface area contributed by atoms with Gasteiger partial charge in [0, 0.05) is 24.5 Å². The Kier molecular flexibility index (Phi) is 6.07. The highest BCUT2D eigenvalue weighted by Gasteiger charge is 2.05. The molecule has 0 saturated heterocycles. The number of nitrogens with one attached hydrogen (secondary N) is 1. The van der Waals surface area contributed by atoms with Crippen LogP contribution in [-0.4, -0.2) is 24.6 Å². The summed E-state index contributed by atoms with van der Waals surface area (Å²) in [6.07, 6.45) is 1.66. The maximum atomic E-state index is 12.4. The summed E-state index contributed by atoms with van der Waals surface area (Å²) in [7, 11) is 1.36. The average Bonchev–Trinajstić information content (AvgIpc) is 2.28. The van der Waals surface area contributed by atoms with Gasteiger partial charge in [-0.1, -0.05) is 15.9 Å². The molecule has 0 unspecified atom stereocenters. The number of carbonyl (C=O) groups excluding carboxylic acids is 1. The van der Waals surface area contributed by atoms with Crippen molar-refractivity contribution in [1.29, 1.82) is 0 Å². The zero-order valence-electron chi connectivity index (χ0n) is 10.2. The third kappa shape index (κ3) is 5.46. The lowest BCUT2D eigenvalue weighted by Crippen LogP contribution is -2.14. The van der Waals surface area contributed by atoms with Gasteiger partial charge in [0.1, 0.15) is 0 Å². The normalized spacial score (nSPS) is 10.7. The van der Waals surface area contributed by atoms with Gasteiger partial charge in [-0.25, -0.2) is 0 Å². The molecule has 0 aliphatic rings. The highest BCUT2D eigenvalue weighted by molar-refractivity contribution is 9.10. The number of unbranched alkanes of at least 4 members (excludes halogenated alkanes) is 1. The lowest BCUT2D eigenvalue weighted by atomic mass is 10.2. The quantitative estimate of drug-likeness (QED) is 0.482. The van der Waals surface area contributed by atoms with Crippen molar-refractivity contribution >= 4 is 33.2 Å². The topological polar surface area (TPSA) is 58.4 Å². The fraction of sp³-hybridized carbons (Fsp3) is 0.417. The van der Waals surface area contributed by atoms with Gasteiger partial charge in [0.15, 0.2) is 0 Å². The van der Waals surface area contributed by atoms with Gasteiger partial charge in [-0.15, -0.1) is 9.60 Å². The molecule has 0 aromatic heterocycles. The number of carbonyl (C=O) groups is 1. The minimum Gasteiger partial charge on any atom is -0.397 e. The second-order valence-corrected chi connectivity index (χ2v) is 4.98. The molecule has 1 amide bonds. The summed E-state index contributed by atoms with van der Waals surface area (Å²) in [4.78, 5) is 11.6. The van der Waals surface area contributed by atoms with Crippen LogP contribution in [0, 0.1) is 0 Å². The van der Waals surface area contributed by atoms with E-state index in [1.54, 1.807) is 12.1 Å². The molecule has 4 nitrogen and oxygen atoms in total. The second kappa shape index (κ2) is 7.33. The van der Waals surface area contributed by atoms with E-state index in [9.17, 15) is 9.28 Å². The zero-order chi connectivity index (χ0) is 13.5. The second-order valence-electron chi connectivity index (χ2n) is 4.07. The number of halogens is 2. The first-order valence-electron chi connectivity index (χ1n) is 5.71. The van der Waals surface area contributed by atoms with Crippen LogP contribution >= 0.6 is 15.9 Å².